The molecule has 3 aromatic rings. The molecular formula is C13H8ClN3O. The highest BCUT2D eigenvalue weighted by Crippen LogP contribution is 2.23. The molecule has 88 valence electrons. The number of nitrogens with zero attached hydrogens (tertiary/aromatic N) is 3. The first-order chi connectivity index (χ1) is 8.83. The van der Waals surface area contributed by atoms with Crippen molar-refractivity contribution in [2.24, 2.45) is 0 Å². The van der Waals surface area contributed by atoms with Gasteiger partial charge in [-0.15, -0.1) is 10.2 Å². The minimum absolute atomic E-state index is 0.429. The average molecular weight is 258 g/mol. The first-order valence-corrected chi connectivity index (χ1v) is 5.71. The van der Waals surface area contributed by atoms with Crippen LogP contribution in [0.25, 0.3) is 22.9 Å². The fraction of sp³-hybridized carbons (Fsp3) is 0. The second-order valence-electron chi connectivity index (χ2n) is 3.65. The molecule has 0 saturated heterocycles. The topological polar surface area (TPSA) is 51.8 Å². The van der Waals surface area contributed by atoms with E-state index in [4.69, 9.17) is 16.0 Å². The Morgan fingerprint density at radius 1 is 0.833 bits per heavy atom. The number of halogens is 1. The van der Waals surface area contributed by atoms with Crippen LogP contribution in [0.15, 0.2) is 53.1 Å². The summed E-state index contributed by atoms with van der Waals surface area (Å²) < 4.78 is 5.59. The van der Waals surface area contributed by atoms with Crippen molar-refractivity contribution < 1.29 is 4.42 Å². The monoisotopic (exact) mass is 257 g/mol. The predicted octanol–water partition coefficient (Wildman–Crippen LogP) is 3.45. The van der Waals surface area contributed by atoms with E-state index in [0.29, 0.717) is 16.9 Å². The summed E-state index contributed by atoms with van der Waals surface area (Å²) >= 11 is 5.72. The van der Waals surface area contributed by atoms with Crippen molar-refractivity contribution in [2.45, 2.75) is 0 Å². The van der Waals surface area contributed by atoms with E-state index in [2.05, 4.69) is 15.2 Å². The van der Waals surface area contributed by atoms with Crippen LogP contribution in [0.2, 0.25) is 5.15 Å². The van der Waals surface area contributed by atoms with Crippen LogP contribution in [-0.2, 0) is 0 Å². The van der Waals surface area contributed by atoms with Gasteiger partial charge in [0.2, 0.25) is 11.8 Å². The third-order valence-electron chi connectivity index (χ3n) is 2.42. The van der Waals surface area contributed by atoms with Gasteiger partial charge >= 0.3 is 0 Å². The molecule has 0 atom stereocenters. The summed E-state index contributed by atoms with van der Waals surface area (Å²) in [5.41, 5.74) is 1.63. The average Bonchev–Trinajstić information content (AvgIpc) is 2.90. The van der Waals surface area contributed by atoms with Crippen LogP contribution in [0, 0.1) is 0 Å². The Labute approximate surface area is 108 Å². The molecule has 0 aliphatic heterocycles. The molecule has 4 nitrogen and oxygen atoms in total. The zero-order valence-electron chi connectivity index (χ0n) is 9.25. The maximum absolute atomic E-state index is 5.72. The molecule has 2 heterocycles. The van der Waals surface area contributed by atoms with Crippen molar-refractivity contribution in [3.05, 3.63) is 53.8 Å². The van der Waals surface area contributed by atoms with Crippen LogP contribution in [0.5, 0.6) is 0 Å². The van der Waals surface area contributed by atoms with Crippen molar-refractivity contribution >= 4 is 11.6 Å². The lowest BCUT2D eigenvalue weighted by atomic mass is 10.2. The number of benzene rings is 1. The van der Waals surface area contributed by atoms with Crippen LogP contribution in [0.4, 0.5) is 0 Å². The molecule has 0 spiro atoms. The highest BCUT2D eigenvalue weighted by atomic mass is 35.5. The van der Waals surface area contributed by atoms with Crippen molar-refractivity contribution in [1.29, 1.82) is 0 Å². The fourth-order valence-corrected chi connectivity index (χ4v) is 1.65. The molecule has 0 fully saturated rings. The Bertz CT molecular complexity index is 650. The van der Waals surface area contributed by atoms with E-state index in [-0.39, 0.29) is 0 Å². The molecule has 2 aromatic heterocycles. The Balaban J connectivity index is 1.97. The molecular weight excluding hydrogens is 250 g/mol. The van der Waals surface area contributed by atoms with Crippen LogP contribution in [0.3, 0.4) is 0 Å². The smallest absolute Gasteiger partial charge is 0.249 e. The van der Waals surface area contributed by atoms with E-state index in [1.54, 1.807) is 18.3 Å². The predicted molar refractivity (Wildman–Crippen MR) is 68.0 cm³/mol. The maximum Gasteiger partial charge on any atom is 0.249 e. The molecule has 0 unspecified atom stereocenters. The highest BCUT2D eigenvalue weighted by molar-refractivity contribution is 6.29. The fourth-order valence-electron chi connectivity index (χ4n) is 1.54. The van der Waals surface area contributed by atoms with Gasteiger partial charge in [0.05, 0.1) is 5.56 Å². The molecule has 0 N–H and O–H groups in total. The van der Waals surface area contributed by atoms with E-state index in [0.717, 1.165) is 11.1 Å². The summed E-state index contributed by atoms with van der Waals surface area (Å²) in [5.74, 6) is 0.915. The molecule has 0 saturated carbocycles. The number of pyridine rings is 1. The van der Waals surface area contributed by atoms with Gasteiger partial charge in [-0.25, -0.2) is 4.98 Å². The summed E-state index contributed by atoms with van der Waals surface area (Å²) in [6.07, 6.45) is 1.60. The van der Waals surface area contributed by atoms with Crippen LogP contribution < -0.4 is 0 Å². The minimum atomic E-state index is 0.429. The lowest BCUT2D eigenvalue weighted by Crippen LogP contribution is -1.80. The van der Waals surface area contributed by atoms with Crippen LogP contribution in [0.1, 0.15) is 0 Å². The number of aromatic nitrogens is 3. The van der Waals surface area contributed by atoms with Crippen LogP contribution >= 0.6 is 11.6 Å². The first-order valence-electron chi connectivity index (χ1n) is 5.34. The summed E-state index contributed by atoms with van der Waals surface area (Å²) in [5, 5.41) is 8.43. The van der Waals surface area contributed by atoms with Gasteiger partial charge in [-0.2, -0.15) is 0 Å². The first kappa shape index (κ1) is 10.9. The van der Waals surface area contributed by atoms with Gasteiger partial charge in [-0.3, -0.25) is 0 Å². The maximum atomic E-state index is 5.72. The lowest BCUT2D eigenvalue weighted by Gasteiger charge is -1.94. The standard InChI is InChI=1S/C13H8ClN3O/c14-11-7-6-10(8-15-11)13-17-16-12(18-13)9-4-2-1-3-5-9/h1-8H. The van der Waals surface area contributed by atoms with Gasteiger partial charge in [0, 0.05) is 11.8 Å². The summed E-state index contributed by atoms with van der Waals surface area (Å²) in [7, 11) is 0. The Morgan fingerprint density at radius 2 is 1.56 bits per heavy atom. The van der Waals surface area contributed by atoms with Gasteiger partial charge in [0.25, 0.3) is 0 Å². The highest BCUT2D eigenvalue weighted by Gasteiger charge is 2.10. The Kier molecular flexibility index (Phi) is 2.78. The zero-order chi connectivity index (χ0) is 12.4. The number of rotatable bonds is 2. The Hall–Kier alpha value is -2.20. The molecule has 1 aromatic carbocycles. The number of hydrogen-bond acceptors (Lipinski definition) is 4. The van der Waals surface area contributed by atoms with Gasteiger partial charge < -0.3 is 4.42 Å². The molecule has 5 heteroatoms. The zero-order valence-corrected chi connectivity index (χ0v) is 10.0. The normalized spacial score (nSPS) is 10.5. The molecule has 0 radical (unpaired) electrons. The second-order valence-corrected chi connectivity index (χ2v) is 4.04. The molecule has 0 aliphatic carbocycles. The molecule has 3 rings (SSSR count). The quantitative estimate of drug-likeness (QED) is 0.660. The lowest BCUT2D eigenvalue weighted by molar-refractivity contribution is 0.584. The van der Waals surface area contributed by atoms with Gasteiger partial charge in [0.1, 0.15) is 5.15 Å². The van der Waals surface area contributed by atoms with Crippen LogP contribution in [-0.4, -0.2) is 15.2 Å². The molecule has 0 amide bonds. The van der Waals surface area contributed by atoms with Crippen molar-refractivity contribution in [1.82, 2.24) is 15.2 Å². The van der Waals surface area contributed by atoms with Crippen molar-refractivity contribution in [2.75, 3.05) is 0 Å². The van der Waals surface area contributed by atoms with E-state index < -0.39 is 0 Å². The molecule has 0 bridgehead atoms. The second kappa shape index (κ2) is 4.58. The SMILES string of the molecule is Clc1ccc(-c2nnc(-c3ccccc3)o2)cn1. The summed E-state index contributed by atoms with van der Waals surface area (Å²) in [6, 6.07) is 13.1. The van der Waals surface area contributed by atoms with E-state index in [1.165, 1.54) is 0 Å². The van der Waals surface area contributed by atoms with E-state index in [9.17, 15) is 0 Å². The number of hydrogen-bond donors (Lipinski definition) is 0. The Morgan fingerprint density at radius 3 is 2.22 bits per heavy atom. The van der Waals surface area contributed by atoms with E-state index in [1.807, 2.05) is 30.3 Å². The molecule has 18 heavy (non-hydrogen) atoms. The third kappa shape index (κ3) is 2.10. The largest absolute Gasteiger partial charge is 0.416 e. The summed E-state index contributed by atoms with van der Waals surface area (Å²) in [6.45, 7) is 0. The molecule has 0 aliphatic rings. The van der Waals surface area contributed by atoms with E-state index >= 15 is 0 Å². The minimum Gasteiger partial charge on any atom is -0.416 e. The van der Waals surface area contributed by atoms with Gasteiger partial charge in [-0.05, 0) is 24.3 Å². The van der Waals surface area contributed by atoms with Crippen molar-refractivity contribution in [3.8, 4) is 22.9 Å². The van der Waals surface area contributed by atoms with Gasteiger partial charge in [0.15, 0.2) is 0 Å². The van der Waals surface area contributed by atoms with Gasteiger partial charge in [-0.1, -0.05) is 29.8 Å². The summed E-state index contributed by atoms with van der Waals surface area (Å²) in [4.78, 5) is 3.98. The third-order valence-corrected chi connectivity index (χ3v) is 2.64. The van der Waals surface area contributed by atoms with Crippen molar-refractivity contribution in [3.63, 3.8) is 0 Å².